The van der Waals surface area contributed by atoms with Gasteiger partial charge in [0.25, 0.3) is 0 Å². The molecule has 0 saturated carbocycles. The molecule has 1 rings (SSSR count). The van der Waals surface area contributed by atoms with Gasteiger partial charge in [-0.1, -0.05) is 156 Å². The number of unbranched alkanes of at least 4 members (excludes halogenated alkanes) is 16. The summed E-state index contributed by atoms with van der Waals surface area (Å²) in [5.41, 5.74) is 0.938. The molecule has 0 bridgehead atoms. The first-order valence-corrected chi connectivity index (χ1v) is 18.9. The summed E-state index contributed by atoms with van der Waals surface area (Å²) < 4.78 is 0. The van der Waals surface area contributed by atoms with E-state index in [2.05, 4.69) is 38.3 Å². The Bertz CT molecular complexity index is 867. The van der Waals surface area contributed by atoms with E-state index in [1.165, 1.54) is 76.3 Å². The van der Waals surface area contributed by atoms with Gasteiger partial charge < -0.3 is 15.7 Å². The predicted molar refractivity (Wildman–Crippen MR) is 191 cm³/mol. The van der Waals surface area contributed by atoms with Crippen molar-refractivity contribution in [3.8, 4) is 0 Å². The van der Waals surface area contributed by atoms with Crippen LogP contribution in [0, 0.1) is 11.8 Å². The second-order valence-electron chi connectivity index (χ2n) is 13.3. The molecular weight excluding hydrogens is 560 g/mol. The first-order valence-electron chi connectivity index (χ1n) is 18.9. The molecule has 2 atom stereocenters. The maximum Gasteiger partial charge on any atom is 0.335 e. The van der Waals surface area contributed by atoms with Gasteiger partial charge in [0.05, 0.1) is 5.56 Å². The molecule has 0 aliphatic heterocycles. The Morgan fingerprint density at radius 3 is 1.09 bits per heavy atom. The lowest BCUT2D eigenvalue weighted by Crippen LogP contribution is -2.24. The molecule has 0 spiro atoms. The normalized spacial score (nSPS) is 12.5. The average molecular weight is 629 g/mol. The average Bonchev–Trinajstić information content (AvgIpc) is 3.02. The molecule has 258 valence electrons. The van der Waals surface area contributed by atoms with Crippen LogP contribution in [0.25, 0.3) is 0 Å². The number of carbonyl (C=O) groups excluding carboxylic acids is 2. The lowest BCUT2D eigenvalue weighted by Gasteiger charge is -2.19. The van der Waals surface area contributed by atoms with Crippen molar-refractivity contribution in [2.24, 2.45) is 11.8 Å². The molecule has 45 heavy (non-hydrogen) atoms. The Morgan fingerprint density at radius 1 is 0.489 bits per heavy atom. The van der Waals surface area contributed by atoms with Crippen molar-refractivity contribution in [1.82, 2.24) is 0 Å². The van der Waals surface area contributed by atoms with Crippen LogP contribution in [0.1, 0.15) is 192 Å². The molecule has 2 unspecified atom stereocenters. The molecule has 0 saturated heterocycles. The van der Waals surface area contributed by atoms with Crippen LogP contribution in [0.3, 0.4) is 0 Å². The van der Waals surface area contributed by atoms with Crippen LogP contribution in [-0.2, 0) is 9.59 Å². The largest absolute Gasteiger partial charge is 0.478 e. The summed E-state index contributed by atoms with van der Waals surface area (Å²) >= 11 is 0. The summed E-state index contributed by atoms with van der Waals surface area (Å²) in [6.45, 7) is 8.82. The number of aromatic carboxylic acids is 1. The van der Waals surface area contributed by atoms with E-state index in [4.69, 9.17) is 0 Å². The fraction of sp³-hybridized carbons (Fsp3) is 0.769. The summed E-state index contributed by atoms with van der Waals surface area (Å²) in [5.74, 6) is -1.35. The van der Waals surface area contributed by atoms with Crippen LogP contribution in [0.5, 0.6) is 0 Å². The maximum atomic E-state index is 13.5. The second kappa shape index (κ2) is 26.8. The van der Waals surface area contributed by atoms with E-state index < -0.39 is 5.97 Å². The quantitative estimate of drug-likeness (QED) is 0.0769. The number of carbonyl (C=O) groups is 3. The van der Waals surface area contributed by atoms with Gasteiger partial charge in [-0.05, 0) is 43.9 Å². The van der Waals surface area contributed by atoms with Crippen LogP contribution in [0.2, 0.25) is 0 Å². The van der Waals surface area contributed by atoms with Gasteiger partial charge >= 0.3 is 5.97 Å². The van der Waals surface area contributed by atoms with E-state index in [-0.39, 0.29) is 29.2 Å². The van der Waals surface area contributed by atoms with Crippen molar-refractivity contribution >= 4 is 29.2 Å². The van der Waals surface area contributed by atoms with Gasteiger partial charge in [-0.15, -0.1) is 0 Å². The van der Waals surface area contributed by atoms with E-state index in [0.717, 1.165) is 89.9 Å². The number of nitrogens with one attached hydrogen (secondary N) is 2. The van der Waals surface area contributed by atoms with Crippen LogP contribution in [0.4, 0.5) is 11.4 Å². The molecule has 2 amide bonds. The fourth-order valence-corrected chi connectivity index (χ4v) is 6.17. The van der Waals surface area contributed by atoms with Crippen molar-refractivity contribution in [3.63, 3.8) is 0 Å². The zero-order chi connectivity index (χ0) is 33.1. The molecule has 1 aromatic rings. The van der Waals surface area contributed by atoms with Gasteiger partial charge in [0, 0.05) is 23.2 Å². The molecule has 0 fully saturated rings. The third-order valence-corrected chi connectivity index (χ3v) is 9.08. The molecule has 1 aromatic carbocycles. The Labute approximate surface area is 276 Å². The highest BCUT2D eigenvalue weighted by Crippen LogP contribution is 2.26. The lowest BCUT2D eigenvalue weighted by atomic mass is 9.93. The van der Waals surface area contributed by atoms with Gasteiger partial charge in [0.1, 0.15) is 0 Å². The van der Waals surface area contributed by atoms with Gasteiger partial charge in [-0.3, -0.25) is 9.59 Å². The van der Waals surface area contributed by atoms with E-state index in [0.29, 0.717) is 11.4 Å². The van der Waals surface area contributed by atoms with Crippen LogP contribution < -0.4 is 10.6 Å². The minimum Gasteiger partial charge on any atom is -0.478 e. The third kappa shape index (κ3) is 19.7. The second-order valence-corrected chi connectivity index (χ2v) is 13.3. The molecule has 0 heterocycles. The number of benzene rings is 1. The number of rotatable bonds is 29. The van der Waals surface area contributed by atoms with E-state index in [1.54, 1.807) is 6.07 Å². The molecular formula is C39H68N2O4. The first-order chi connectivity index (χ1) is 21.9. The zero-order valence-electron chi connectivity index (χ0n) is 29.5. The van der Waals surface area contributed by atoms with E-state index in [9.17, 15) is 19.5 Å². The maximum absolute atomic E-state index is 13.5. The summed E-state index contributed by atoms with van der Waals surface area (Å²) in [7, 11) is 0. The Kier molecular flexibility index (Phi) is 24.2. The van der Waals surface area contributed by atoms with Gasteiger partial charge in [-0.2, -0.15) is 0 Å². The van der Waals surface area contributed by atoms with Gasteiger partial charge in [0.2, 0.25) is 11.8 Å². The van der Waals surface area contributed by atoms with Crippen molar-refractivity contribution in [2.75, 3.05) is 10.6 Å². The molecule has 0 aliphatic carbocycles. The minimum absolute atomic E-state index is 0.0447. The van der Waals surface area contributed by atoms with Crippen LogP contribution >= 0.6 is 0 Å². The first kappa shape index (κ1) is 40.7. The highest BCUT2D eigenvalue weighted by Gasteiger charge is 2.21. The van der Waals surface area contributed by atoms with Crippen molar-refractivity contribution in [1.29, 1.82) is 0 Å². The van der Waals surface area contributed by atoms with E-state index in [1.807, 2.05) is 0 Å². The SMILES string of the molecule is CCCCCCCCC(CCCCCC)C(=O)Nc1cc(NC(=O)C(CCCCCC)CCCCCCCC)cc(C(=O)O)c1. The Balaban J connectivity index is 2.97. The number of anilines is 2. The van der Waals surface area contributed by atoms with Crippen molar-refractivity contribution in [3.05, 3.63) is 23.8 Å². The van der Waals surface area contributed by atoms with Gasteiger partial charge in [0.15, 0.2) is 0 Å². The Morgan fingerprint density at radius 2 is 0.778 bits per heavy atom. The van der Waals surface area contributed by atoms with Crippen LogP contribution in [-0.4, -0.2) is 22.9 Å². The topological polar surface area (TPSA) is 95.5 Å². The zero-order valence-corrected chi connectivity index (χ0v) is 29.5. The fourth-order valence-electron chi connectivity index (χ4n) is 6.17. The number of amides is 2. The number of carboxylic acid groups (broad SMARTS) is 1. The molecule has 0 radical (unpaired) electrons. The minimum atomic E-state index is -1.08. The molecule has 3 N–H and O–H groups in total. The van der Waals surface area contributed by atoms with Crippen molar-refractivity contribution in [2.45, 2.75) is 182 Å². The summed E-state index contributed by atoms with van der Waals surface area (Å²) in [4.78, 5) is 39.0. The Hall–Kier alpha value is -2.37. The lowest BCUT2D eigenvalue weighted by molar-refractivity contribution is -0.121. The highest BCUT2D eigenvalue weighted by atomic mass is 16.4. The van der Waals surface area contributed by atoms with Crippen LogP contribution in [0.15, 0.2) is 18.2 Å². The highest BCUT2D eigenvalue weighted by molar-refractivity contribution is 5.99. The molecule has 0 aromatic heterocycles. The summed E-state index contributed by atoms with van der Waals surface area (Å²) in [6.07, 6.45) is 26.6. The smallest absolute Gasteiger partial charge is 0.335 e. The summed E-state index contributed by atoms with van der Waals surface area (Å²) in [5, 5.41) is 15.9. The molecule has 6 heteroatoms. The standard InChI is InChI=1S/C39H68N2O4/c1-5-9-13-17-19-23-27-32(25-21-15-11-7-3)37(42)40-35-29-34(39(44)45)30-36(31-35)41-38(43)33(26-22-16-12-8-4)28-24-20-18-14-10-6-2/h29-33H,5-28H2,1-4H3,(H,40,42)(H,41,43)(H,44,45). The monoisotopic (exact) mass is 629 g/mol. The predicted octanol–water partition coefficient (Wildman–Crippen LogP) is 11.9. The summed E-state index contributed by atoms with van der Waals surface area (Å²) in [6, 6.07) is 4.74. The number of hydrogen-bond donors (Lipinski definition) is 3. The molecule has 0 aliphatic rings. The van der Waals surface area contributed by atoms with E-state index >= 15 is 0 Å². The third-order valence-electron chi connectivity index (χ3n) is 9.08. The van der Waals surface area contributed by atoms with Gasteiger partial charge in [-0.25, -0.2) is 4.79 Å². The molecule has 6 nitrogen and oxygen atoms in total. The van der Waals surface area contributed by atoms with Crippen molar-refractivity contribution < 1.29 is 19.5 Å². The number of hydrogen-bond acceptors (Lipinski definition) is 3. The number of carboxylic acids is 1.